The zero-order valence-corrected chi connectivity index (χ0v) is 10.7. The third kappa shape index (κ3) is 3.54. The van der Waals surface area contributed by atoms with E-state index in [1.165, 1.54) is 44.2 Å². The van der Waals surface area contributed by atoms with Gasteiger partial charge in [-0.15, -0.1) is 0 Å². The van der Waals surface area contributed by atoms with E-state index in [0.717, 1.165) is 13.1 Å². The van der Waals surface area contributed by atoms with Gasteiger partial charge in [0.2, 0.25) is 0 Å². The lowest BCUT2D eigenvalue weighted by Gasteiger charge is -2.24. The molecule has 0 saturated carbocycles. The Morgan fingerprint density at radius 1 is 1.11 bits per heavy atom. The average molecular weight is 246 g/mol. The summed E-state index contributed by atoms with van der Waals surface area (Å²) in [6.07, 6.45) is 6.26. The van der Waals surface area contributed by atoms with Crippen LogP contribution in [0.2, 0.25) is 0 Å². The molecule has 0 unspecified atom stereocenters. The van der Waals surface area contributed by atoms with Crippen molar-refractivity contribution in [1.82, 2.24) is 4.90 Å². The number of benzene rings is 1. The molecular weight excluding hydrogens is 227 g/mol. The van der Waals surface area contributed by atoms with E-state index in [4.69, 9.17) is 5.26 Å². The van der Waals surface area contributed by atoms with Crippen LogP contribution in [0.1, 0.15) is 43.2 Å². The van der Waals surface area contributed by atoms with Gasteiger partial charge in [0.05, 0.1) is 11.6 Å². The molecular formula is C15H19FN2. The lowest BCUT2D eigenvalue weighted by atomic mass is 10.1. The maximum absolute atomic E-state index is 13.7. The Bertz CT molecular complexity index is 429. The van der Waals surface area contributed by atoms with Crippen molar-refractivity contribution >= 4 is 0 Å². The molecule has 1 aromatic carbocycles. The van der Waals surface area contributed by atoms with Crippen molar-refractivity contribution in [3.63, 3.8) is 0 Å². The molecule has 0 atom stereocenters. The second-order valence-electron chi connectivity index (χ2n) is 4.96. The quantitative estimate of drug-likeness (QED) is 0.799. The maximum Gasteiger partial charge on any atom is 0.127 e. The van der Waals surface area contributed by atoms with E-state index in [1.54, 1.807) is 6.07 Å². The van der Waals surface area contributed by atoms with E-state index in [-0.39, 0.29) is 5.82 Å². The molecule has 0 aromatic heterocycles. The molecule has 0 N–H and O–H groups in total. The van der Waals surface area contributed by atoms with Crippen molar-refractivity contribution in [3.05, 3.63) is 35.1 Å². The number of nitriles is 1. The van der Waals surface area contributed by atoms with Crippen molar-refractivity contribution in [2.75, 3.05) is 13.1 Å². The van der Waals surface area contributed by atoms with Gasteiger partial charge in [-0.2, -0.15) is 5.26 Å². The molecule has 2 rings (SSSR count). The molecule has 18 heavy (non-hydrogen) atoms. The Kier molecular flexibility index (Phi) is 4.72. The fraction of sp³-hybridized carbons (Fsp3) is 0.533. The predicted molar refractivity (Wildman–Crippen MR) is 69.5 cm³/mol. The molecule has 0 amide bonds. The maximum atomic E-state index is 13.7. The normalized spacial score (nSPS) is 17.8. The summed E-state index contributed by atoms with van der Waals surface area (Å²) in [7, 11) is 0. The molecule has 1 fully saturated rings. The highest BCUT2D eigenvalue weighted by Crippen LogP contribution is 2.16. The van der Waals surface area contributed by atoms with Gasteiger partial charge in [-0.25, -0.2) is 4.39 Å². The van der Waals surface area contributed by atoms with Crippen LogP contribution in [-0.2, 0) is 6.54 Å². The standard InChI is InChI=1S/C15H19FN2/c16-15-7-6-13(11-17)10-14(15)12-18-8-4-2-1-3-5-9-18/h6-7,10H,1-5,8-9,12H2. The van der Waals surface area contributed by atoms with Crippen LogP contribution in [0.3, 0.4) is 0 Å². The Morgan fingerprint density at radius 2 is 1.78 bits per heavy atom. The van der Waals surface area contributed by atoms with Crippen LogP contribution >= 0.6 is 0 Å². The van der Waals surface area contributed by atoms with Gasteiger partial charge in [0.25, 0.3) is 0 Å². The first-order valence-electron chi connectivity index (χ1n) is 6.70. The molecule has 0 spiro atoms. The minimum Gasteiger partial charge on any atom is -0.299 e. The summed E-state index contributed by atoms with van der Waals surface area (Å²) < 4.78 is 13.7. The third-order valence-corrected chi connectivity index (χ3v) is 3.52. The predicted octanol–water partition coefficient (Wildman–Crippen LogP) is 3.46. The van der Waals surface area contributed by atoms with Gasteiger partial charge in [0.1, 0.15) is 5.82 Å². The van der Waals surface area contributed by atoms with Crippen LogP contribution in [0.4, 0.5) is 4.39 Å². The van der Waals surface area contributed by atoms with Crippen LogP contribution < -0.4 is 0 Å². The molecule has 1 saturated heterocycles. The van der Waals surface area contributed by atoms with E-state index in [1.807, 2.05) is 0 Å². The van der Waals surface area contributed by atoms with E-state index in [0.29, 0.717) is 17.7 Å². The lowest BCUT2D eigenvalue weighted by molar-refractivity contribution is 0.237. The van der Waals surface area contributed by atoms with Gasteiger partial charge in [-0.3, -0.25) is 4.90 Å². The zero-order chi connectivity index (χ0) is 12.8. The van der Waals surface area contributed by atoms with Gasteiger partial charge in [-0.1, -0.05) is 19.3 Å². The van der Waals surface area contributed by atoms with E-state index in [9.17, 15) is 4.39 Å². The highest BCUT2D eigenvalue weighted by Gasteiger charge is 2.11. The summed E-state index contributed by atoms with van der Waals surface area (Å²) in [5.74, 6) is -0.198. The minimum atomic E-state index is -0.198. The summed E-state index contributed by atoms with van der Waals surface area (Å²) in [5, 5.41) is 8.85. The minimum absolute atomic E-state index is 0.198. The molecule has 0 aliphatic carbocycles. The Morgan fingerprint density at radius 3 is 2.44 bits per heavy atom. The molecule has 1 aromatic rings. The number of halogens is 1. The van der Waals surface area contributed by atoms with Crippen molar-refractivity contribution in [2.24, 2.45) is 0 Å². The first-order chi connectivity index (χ1) is 8.79. The second kappa shape index (κ2) is 6.51. The molecule has 0 radical (unpaired) electrons. The van der Waals surface area contributed by atoms with Crippen LogP contribution in [0.15, 0.2) is 18.2 Å². The molecule has 1 aliphatic heterocycles. The molecule has 3 heteroatoms. The third-order valence-electron chi connectivity index (χ3n) is 3.52. The van der Waals surface area contributed by atoms with Gasteiger partial charge >= 0.3 is 0 Å². The Balaban J connectivity index is 2.05. The fourth-order valence-corrected chi connectivity index (χ4v) is 2.48. The van der Waals surface area contributed by atoms with Crippen molar-refractivity contribution in [1.29, 1.82) is 5.26 Å². The number of hydrogen-bond acceptors (Lipinski definition) is 2. The van der Waals surface area contributed by atoms with Crippen LogP contribution in [0.25, 0.3) is 0 Å². The van der Waals surface area contributed by atoms with E-state index in [2.05, 4.69) is 11.0 Å². The zero-order valence-electron chi connectivity index (χ0n) is 10.7. The van der Waals surface area contributed by atoms with Gasteiger partial charge < -0.3 is 0 Å². The van der Waals surface area contributed by atoms with E-state index < -0.39 is 0 Å². The number of nitrogens with zero attached hydrogens (tertiary/aromatic N) is 2. The van der Waals surface area contributed by atoms with Crippen LogP contribution in [0, 0.1) is 17.1 Å². The van der Waals surface area contributed by atoms with Gasteiger partial charge in [0.15, 0.2) is 0 Å². The fourth-order valence-electron chi connectivity index (χ4n) is 2.48. The molecule has 0 bridgehead atoms. The first kappa shape index (κ1) is 13.0. The number of hydrogen-bond donors (Lipinski definition) is 0. The summed E-state index contributed by atoms with van der Waals surface area (Å²) in [6.45, 7) is 2.70. The topological polar surface area (TPSA) is 27.0 Å². The molecule has 1 aliphatic rings. The molecule has 2 nitrogen and oxygen atoms in total. The van der Waals surface area contributed by atoms with Gasteiger partial charge in [0, 0.05) is 12.1 Å². The molecule has 1 heterocycles. The Hall–Kier alpha value is -1.40. The average Bonchev–Trinajstić information content (AvgIpc) is 2.35. The monoisotopic (exact) mass is 246 g/mol. The Labute approximate surface area is 108 Å². The summed E-state index contributed by atoms with van der Waals surface area (Å²) in [5.41, 5.74) is 1.19. The summed E-state index contributed by atoms with van der Waals surface area (Å²) >= 11 is 0. The molecule has 96 valence electrons. The number of rotatable bonds is 2. The summed E-state index contributed by atoms with van der Waals surface area (Å²) in [6, 6.07) is 6.68. The van der Waals surface area contributed by atoms with Crippen molar-refractivity contribution in [3.8, 4) is 6.07 Å². The largest absolute Gasteiger partial charge is 0.299 e. The second-order valence-corrected chi connectivity index (χ2v) is 4.96. The highest BCUT2D eigenvalue weighted by atomic mass is 19.1. The first-order valence-corrected chi connectivity index (χ1v) is 6.70. The highest BCUT2D eigenvalue weighted by molar-refractivity contribution is 5.33. The lowest BCUT2D eigenvalue weighted by Crippen LogP contribution is -2.27. The van der Waals surface area contributed by atoms with Crippen molar-refractivity contribution < 1.29 is 4.39 Å². The summed E-state index contributed by atoms with van der Waals surface area (Å²) in [4.78, 5) is 2.30. The van der Waals surface area contributed by atoms with Crippen LogP contribution in [0.5, 0.6) is 0 Å². The van der Waals surface area contributed by atoms with E-state index >= 15 is 0 Å². The van der Waals surface area contributed by atoms with Crippen molar-refractivity contribution in [2.45, 2.75) is 38.6 Å². The van der Waals surface area contributed by atoms with Crippen LogP contribution in [-0.4, -0.2) is 18.0 Å². The number of likely N-dealkylation sites (tertiary alicyclic amines) is 1. The smallest absolute Gasteiger partial charge is 0.127 e. The SMILES string of the molecule is N#Cc1ccc(F)c(CN2CCCCCCC2)c1. The van der Waals surface area contributed by atoms with Gasteiger partial charge in [-0.05, 0) is 44.1 Å².